The van der Waals surface area contributed by atoms with E-state index in [0.717, 1.165) is 16.3 Å². The Morgan fingerprint density at radius 1 is 1.05 bits per heavy atom. The van der Waals surface area contributed by atoms with Crippen LogP contribution in [0.1, 0.15) is 11.1 Å². The molecule has 0 aliphatic heterocycles. The molecule has 0 bridgehead atoms. The van der Waals surface area contributed by atoms with Gasteiger partial charge in [-0.15, -0.1) is 11.8 Å². The van der Waals surface area contributed by atoms with Gasteiger partial charge in [-0.1, -0.05) is 41.6 Å². The van der Waals surface area contributed by atoms with Crippen LogP contribution in [-0.2, 0) is 5.75 Å². The third-order valence-electron chi connectivity index (χ3n) is 2.53. The fourth-order valence-corrected chi connectivity index (χ4v) is 2.62. The Labute approximate surface area is 122 Å². The zero-order chi connectivity index (χ0) is 13.5. The average Bonchev–Trinajstić information content (AvgIpc) is 2.45. The Balaban J connectivity index is 2.09. The molecule has 2 aromatic carbocycles. The van der Waals surface area contributed by atoms with Crippen molar-refractivity contribution >= 4 is 23.4 Å². The van der Waals surface area contributed by atoms with Gasteiger partial charge in [0.1, 0.15) is 6.61 Å². The maximum absolute atomic E-state index is 8.76. The van der Waals surface area contributed by atoms with E-state index < -0.39 is 0 Å². The minimum atomic E-state index is -0.112. The zero-order valence-electron chi connectivity index (χ0n) is 10.3. The molecule has 0 saturated heterocycles. The molecule has 0 saturated carbocycles. The van der Waals surface area contributed by atoms with Crippen LogP contribution in [0, 0.1) is 11.8 Å². The van der Waals surface area contributed by atoms with Crippen molar-refractivity contribution in [1.29, 1.82) is 0 Å². The van der Waals surface area contributed by atoms with E-state index in [1.165, 1.54) is 10.5 Å². The molecule has 0 aromatic heterocycles. The monoisotopic (exact) mass is 288 g/mol. The predicted molar refractivity (Wildman–Crippen MR) is 81.4 cm³/mol. The molecule has 2 aromatic rings. The number of hydrogen-bond donors (Lipinski definition) is 1. The summed E-state index contributed by atoms with van der Waals surface area (Å²) in [6.45, 7) is -0.112. The summed E-state index contributed by atoms with van der Waals surface area (Å²) in [5, 5.41) is 9.51. The first-order valence-corrected chi connectivity index (χ1v) is 7.22. The molecule has 0 amide bonds. The summed E-state index contributed by atoms with van der Waals surface area (Å²) in [5.41, 5.74) is 2.14. The lowest BCUT2D eigenvalue weighted by atomic mass is 10.1. The summed E-state index contributed by atoms with van der Waals surface area (Å²) in [6.07, 6.45) is 0. The molecule has 2 rings (SSSR count). The first kappa shape index (κ1) is 14.0. The smallest absolute Gasteiger partial charge is 0.104 e. The van der Waals surface area contributed by atoms with Gasteiger partial charge in [0.25, 0.3) is 0 Å². The van der Waals surface area contributed by atoms with Crippen molar-refractivity contribution in [3.8, 4) is 11.8 Å². The second-order valence-electron chi connectivity index (χ2n) is 3.86. The van der Waals surface area contributed by atoms with Crippen molar-refractivity contribution in [2.75, 3.05) is 6.61 Å². The molecule has 0 aliphatic rings. The lowest BCUT2D eigenvalue weighted by molar-refractivity contribution is 0.350. The van der Waals surface area contributed by atoms with Crippen LogP contribution in [-0.4, -0.2) is 11.7 Å². The summed E-state index contributed by atoms with van der Waals surface area (Å²) < 4.78 is 0. The first-order valence-electron chi connectivity index (χ1n) is 5.85. The summed E-state index contributed by atoms with van der Waals surface area (Å²) >= 11 is 7.60. The van der Waals surface area contributed by atoms with Crippen molar-refractivity contribution in [2.45, 2.75) is 10.6 Å². The highest BCUT2D eigenvalue weighted by Gasteiger charge is 2.01. The Bertz CT molecular complexity index is 596. The lowest BCUT2D eigenvalue weighted by Gasteiger charge is -2.04. The Kier molecular flexibility index (Phi) is 5.35. The molecule has 0 spiro atoms. The number of rotatable bonds is 3. The lowest BCUT2D eigenvalue weighted by Crippen LogP contribution is -1.87. The molecule has 0 fully saturated rings. The van der Waals surface area contributed by atoms with E-state index in [1.54, 1.807) is 11.8 Å². The summed E-state index contributed by atoms with van der Waals surface area (Å²) in [7, 11) is 0. The van der Waals surface area contributed by atoms with Crippen LogP contribution in [0.4, 0.5) is 0 Å². The second kappa shape index (κ2) is 7.25. The average molecular weight is 289 g/mol. The van der Waals surface area contributed by atoms with Crippen LogP contribution < -0.4 is 0 Å². The van der Waals surface area contributed by atoms with Gasteiger partial charge in [0.05, 0.1) is 0 Å². The molecule has 0 heterocycles. The molecule has 0 aliphatic carbocycles. The second-order valence-corrected chi connectivity index (χ2v) is 5.34. The highest BCUT2D eigenvalue weighted by Crippen LogP contribution is 2.25. The molecule has 1 N–H and O–H groups in total. The van der Waals surface area contributed by atoms with Crippen LogP contribution in [0.15, 0.2) is 53.4 Å². The van der Waals surface area contributed by atoms with E-state index in [2.05, 4.69) is 17.9 Å². The maximum atomic E-state index is 8.76. The highest BCUT2D eigenvalue weighted by atomic mass is 35.5. The Hall–Kier alpha value is -1.40. The van der Waals surface area contributed by atoms with Gasteiger partial charge in [0, 0.05) is 21.2 Å². The van der Waals surface area contributed by atoms with E-state index in [4.69, 9.17) is 16.7 Å². The van der Waals surface area contributed by atoms with Gasteiger partial charge in [0.2, 0.25) is 0 Å². The van der Waals surface area contributed by atoms with Crippen LogP contribution in [0.2, 0.25) is 5.02 Å². The van der Waals surface area contributed by atoms with E-state index >= 15 is 0 Å². The third-order valence-corrected chi connectivity index (χ3v) is 3.84. The number of thioether (sulfide) groups is 1. The van der Waals surface area contributed by atoms with Crippen LogP contribution in [0.5, 0.6) is 0 Å². The predicted octanol–water partition coefficient (Wildman–Crippen LogP) is 3.98. The molecule has 0 radical (unpaired) electrons. The van der Waals surface area contributed by atoms with Crippen LogP contribution in [0.25, 0.3) is 0 Å². The van der Waals surface area contributed by atoms with E-state index in [0.29, 0.717) is 0 Å². The minimum absolute atomic E-state index is 0.112. The fourth-order valence-electron chi connectivity index (χ4n) is 1.59. The van der Waals surface area contributed by atoms with Crippen molar-refractivity contribution in [3.63, 3.8) is 0 Å². The first-order chi connectivity index (χ1) is 9.29. The van der Waals surface area contributed by atoms with Gasteiger partial charge in [0.15, 0.2) is 0 Å². The van der Waals surface area contributed by atoms with Gasteiger partial charge in [-0.2, -0.15) is 0 Å². The normalized spacial score (nSPS) is 9.79. The molecular weight excluding hydrogens is 276 g/mol. The number of halogens is 1. The minimum Gasteiger partial charge on any atom is -0.384 e. The molecule has 19 heavy (non-hydrogen) atoms. The molecule has 0 unspecified atom stereocenters. The van der Waals surface area contributed by atoms with Gasteiger partial charge in [-0.05, 0) is 35.9 Å². The molecule has 1 nitrogen and oxygen atoms in total. The number of benzene rings is 2. The van der Waals surface area contributed by atoms with Crippen molar-refractivity contribution in [1.82, 2.24) is 0 Å². The fraction of sp³-hybridized carbons (Fsp3) is 0.125. The van der Waals surface area contributed by atoms with Crippen LogP contribution >= 0.6 is 23.4 Å². The van der Waals surface area contributed by atoms with Crippen LogP contribution in [0.3, 0.4) is 0 Å². The zero-order valence-corrected chi connectivity index (χ0v) is 11.8. The quantitative estimate of drug-likeness (QED) is 0.681. The van der Waals surface area contributed by atoms with Crippen molar-refractivity contribution in [2.24, 2.45) is 0 Å². The summed E-state index contributed by atoms with van der Waals surface area (Å²) in [6, 6.07) is 15.8. The van der Waals surface area contributed by atoms with Crippen molar-refractivity contribution in [3.05, 3.63) is 64.7 Å². The highest BCUT2D eigenvalue weighted by molar-refractivity contribution is 7.98. The molecular formula is C16H13ClOS. The van der Waals surface area contributed by atoms with E-state index in [9.17, 15) is 0 Å². The number of hydrogen-bond acceptors (Lipinski definition) is 2. The molecule has 3 heteroatoms. The molecule has 96 valence electrons. The van der Waals surface area contributed by atoms with E-state index in [1.807, 2.05) is 42.5 Å². The Morgan fingerprint density at radius 3 is 2.53 bits per heavy atom. The summed E-state index contributed by atoms with van der Waals surface area (Å²) in [5.74, 6) is 6.51. The van der Waals surface area contributed by atoms with Gasteiger partial charge < -0.3 is 5.11 Å². The van der Waals surface area contributed by atoms with Gasteiger partial charge in [-0.3, -0.25) is 0 Å². The van der Waals surface area contributed by atoms with Crippen molar-refractivity contribution < 1.29 is 5.11 Å². The third kappa shape index (κ3) is 4.33. The standard InChI is InChI=1S/C16H13ClOS/c17-15-7-9-16(10-8-15)19-12-14-5-2-1-4-13(14)6-3-11-18/h1-2,4-5,7-10,18H,11-12H2. The molecule has 0 atom stereocenters. The largest absolute Gasteiger partial charge is 0.384 e. The topological polar surface area (TPSA) is 20.2 Å². The maximum Gasteiger partial charge on any atom is 0.104 e. The van der Waals surface area contributed by atoms with Gasteiger partial charge >= 0.3 is 0 Å². The Morgan fingerprint density at radius 2 is 1.79 bits per heavy atom. The van der Waals surface area contributed by atoms with Gasteiger partial charge in [-0.25, -0.2) is 0 Å². The number of aliphatic hydroxyl groups is 1. The SMILES string of the molecule is OCC#Cc1ccccc1CSc1ccc(Cl)cc1. The summed E-state index contributed by atoms with van der Waals surface area (Å²) in [4.78, 5) is 1.18. The number of aliphatic hydroxyl groups excluding tert-OH is 1. The van der Waals surface area contributed by atoms with E-state index in [-0.39, 0.29) is 6.61 Å².